The van der Waals surface area contributed by atoms with Gasteiger partial charge in [0.2, 0.25) is 0 Å². The first-order valence-electron chi connectivity index (χ1n) is 11.6. The lowest BCUT2D eigenvalue weighted by molar-refractivity contribution is -0.140. The Balaban J connectivity index is 1.97. The maximum Gasteiger partial charge on any atom is 0.338 e. The van der Waals surface area contributed by atoms with Crippen molar-refractivity contribution in [1.29, 1.82) is 0 Å². The Morgan fingerprint density at radius 2 is 1.97 bits per heavy atom. The van der Waals surface area contributed by atoms with Crippen molar-refractivity contribution in [3.63, 3.8) is 0 Å². The van der Waals surface area contributed by atoms with E-state index in [1.807, 2.05) is 43.3 Å². The highest BCUT2D eigenvalue weighted by Gasteiger charge is 2.36. The number of hydrogen-bond donors (Lipinski definition) is 0. The lowest BCUT2D eigenvalue weighted by atomic mass is 9.94. The van der Waals surface area contributed by atoms with Gasteiger partial charge in [-0.2, -0.15) is 0 Å². The summed E-state index contributed by atoms with van der Waals surface area (Å²) >= 11 is 4.74. The molecule has 0 spiro atoms. The van der Waals surface area contributed by atoms with Crippen LogP contribution in [-0.4, -0.2) is 44.6 Å². The second-order valence-electron chi connectivity index (χ2n) is 8.08. The molecule has 194 valence electrons. The van der Waals surface area contributed by atoms with E-state index in [4.69, 9.17) is 18.9 Å². The quantitative estimate of drug-likeness (QED) is 0.281. The van der Waals surface area contributed by atoms with Crippen molar-refractivity contribution < 1.29 is 23.7 Å². The number of hydrogen-bond acceptors (Lipinski definition) is 8. The number of nitrogens with zero attached hydrogens (tertiary/aromatic N) is 2. The fourth-order valence-corrected chi connectivity index (χ4v) is 5.59. The molecular weight excluding hydrogens is 560 g/mol. The van der Waals surface area contributed by atoms with Gasteiger partial charge in [-0.25, -0.2) is 9.79 Å². The van der Waals surface area contributed by atoms with Gasteiger partial charge in [0.05, 0.1) is 36.1 Å². The Morgan fingerprint density at radius 3 is 2.68 bits per heavy atom. The van der Waals surface area contributed by atoms with Crippen LogP contribution in [0.15, 0.2) is 68.0 Å². The van der Waals surface area contributed by atoms with E-state index in [0.717, 1.165) is 10.0 Å². The van der Waals surface area contributed by atoms with Gasteiger partial charge in [-0.05, 0) is 43.7 Å². The van der Waals surface area contributed by atoms with Gasteiger partial charge in [0.25, 0.3) is 5.56 Å². The zero-order chi connectivity index (χ0) is 26.5. The summed E-state index contributed by atoms with van der Waals surface area (Å²) in [5, 5.41) is 0. The van der Waals surface area contributed by atoms with Crippen molar-refractivity contribution in [2.45, 2.75) is 19.9 Å². The lowest BCUT2D eigenvalue weighted by Crippen LogP contribution is -2.40. The molecule has 0 aliphatic carbocycles. The number of fused-ring (bicyclic) bond motifs is 1. The Hall–Kier alpha value is -3.21. The highest BCUT2D eigenvalue weighted by molar-refractivity contribution is 9.10. The molecule has 0 bridgehead atoms. The Morgan fingerprint density at radius 1 is 1.19 bits per heavy atom. The number of carbonyl (C=O) groups is 1. The van der Waals surface area contributed by atoms with Gasteiger partial charge >= 0.3 is 5.97 Å². The SMILES string of the molecule is CCOc1c(OC)cccc1[C@@H]1C(C(=O)OCCOC)=C(C)N=c2s/c(=C/c3cccc(Br)c3)c(=O)n21. The highest BCUT2D eigenvalue weighted by atomic mass is 79.9. The van der Waals surface area contributed by atoms with Crippen LogP contribution in [0.5, 0.6) is 11.5 Å². The molecule has 2 heterocycles. The smallest absolute Gasteiger partial charge is 0.338 e. The van der Waals surface area contributed by atoms with Crippen molar-refractivity contribution in [3.8, 4) is 11.5 Å². The largest absolute Gasteiger partial charge is 0.493 e. The number of benzene rings is 2. The molecule has 0 fully saturated rings. The first-order valence-corrected chi connectivity index (χ1v) is 13.2. The standard InChI is InChI=1S/C27H27BrN2O6S/c1-5-35-24-19(10-7-11-20(24)34-4)23-22(26(32)36-13-12-33-3)16(2)29-27-30(23)25(31)21(37-27)15-17-8-6-9-18(28)14-17/h6-11,14-15,23H,5,12-13H2,1-4H3/b21-15+/t23-/m1/s1. The molecule has 0 unspecified atom stereocenters. The Bertz CT molecular complexity index is 1520. The minimum Gasteiger partial charge on any atom is -0.493 e. The van der Waals surface area contributed by atoms with E-state index in [1.54, 1.807) is 26.2 Å². The third-order valence-corrected chi connectivity index (χ3v) is 7.20. The molecule has 0 radical (unpaired) electrons. The number of allylic oxidation sites excluding steroid dienone is 1. The molecule has 0 saturated heterocycles. The van der Waals surface area contributed by atoms with Gasteiger partial charge in [0.1, 0.15) is 12.6 Å². The fraction of sp³-hybridized carbons (Fsp3) is 0.296. The third kappa shape index (κ3) is 5.56. The van der Waals surface area contributed by atoms with Crippen LogP contribution in [-0.2, 0) is 14.3 Å². The molecule has 0 N–H and O–H groups in total. The van der Waals surface area contributed by atoms with E-state index >= 15 is 0 Å². The van der Waals surface area contributed by atoms with Gasteiger partial charge in [0, 0.05) is 17.1 Å². The maximum absolute atomic E-state index is 13.8. The predicted octanol–water partition coefficient (Wildman–Crippen LogP) is 3.59. The van der Waals surface area contributed by atoms with E-state index in [-0.39, 0.29) is 24.3 Å². The van der Waals surface area contributed by atoms with Crippen molar-refractivity contribution in [1.82, 2.24) is 4.57 Å². The molecule has 1 aliphatic rings. The van der Waals surface area contributed by atoms with Crippen molar-refractivity contribution >= 4 is 39.3 Å². The molecule has 0 amide bonds. The first kappa shape index (κ1) is 26.8. The Labute approximate surface area is 226 Å². The Kier molecular flexibility index (Phi) is 8.63. The van der Waals surface area contributed by atoms with Crippen molar-refractivity contribution in [2.75, 3.05) is 34.0 Å². The van der Waals surface area contributed by atoms with Crippen LogP contribution in [0.4, 0.5) is 0 Å². The number of para-hydroxylation sites is 1. The maximum atomic E-state index is 13.8. The topological polar surface area (TPSA) is 88.4 Å². The molecule has 1 atom stereocenters. The average Bonchev–Trinajstić information content (AvgIpc) is 3.17. The van der Waals surface area contributed by atoms with Gasteiger partial charge in [-0.15, -0.1) is 0 Å². The summed E-state index contributed by atoms with van der Waals surface area (Å²) < 4.78 is 25.0. The summed E-state index contributed by atoms with van der Waals surface area (Å²) in [6.45, 7) is 4.29. The molecule has 37 heavy (non-hydrogen) atoms. The van der Waals surface area contributed by atoms with Gasteiger partial charge in [-0.3, -0.25) is 9.36 Å². The highest BCUT2D eigenvalue weighted by Crippen LogP contribution is 2.40. The summed E-state index contributed by atoms with van der Waals surface area (Å²) in [5.74, 6) is 0.378. The van der Waals surface area contributed by atoms with E-state index < -0.39 is 12.0 Å². The second-order valence-corrected chi connectivity index (χ2v) is 10.0. The number of ether oxygens (including phenoxy) is 4. The number of esters is 1. The predicted molar refractivity (Wildman–Crippen MR) is 145 cm³/mol. The minimum absolute atomic E-state index is 0.0720. The molecule has 4 rings (SSSR count). The minimum atomic E-state index is -0.826. The van der Waals surface area contributed by atoms with Crippen molar-refractivity contribution in [2.24, 2.45) is 4.99 Å². The van der Waals surface area contributed by atoms with Crippen LogP contribution >= 0.6 is 27.3 Å². The van der Waals surface area contributed by atoms with Crippen molar-refractivity contribution in [3.05, 3.63) is 89.0 Å². The van der Waals surface area contributed by atoms with E-state index in [9.17, 15) is 9.59 Å². The van der Waals surface area contributed by atoms with Gasteiger partial charge in [-0.1, -0.05) is 51.5 Å². The molecule has 1 aliphatic heterocycles. The number of methoxy groups -OCH3 is 2. The number of carbonyl (C=O) groups excluding carboxylic acids is 1. The second kappa shape index (κ2) is 11.9. The third-order valence-electron chi connectivity index (χ3n) is 5.72. The number of aromatic nitrogens is 1. The molecule has 8 nitrogen and oxygen atoms in total. The molecule has 3 aromatic rings. The molecule has 10 heteroatoms. The van der Waals surface area contributed by atoms with E-state index in [0.29, 0.717) is 38.7 Å². The normalized spacial score (nSPS) is 15.3. The van der Waals surface area contributed by atoms with E-state index in [1.165, 1.54) is 23.0 Å². The van der Waals surface area contributed by atoms with Crippen LogP contribution in [0.1, 0.15) is 31.0 Å². The summed E-state index contributed by atoms with van der Waals surface area (Å²) in [4.78, 5) is 32.3. The summed E-state index contributed by atoms with van der Waals surface area (Å²) in [7, 11) is 3.08. The fourth-order valence-electron chi connectivity index (χ4n) is 4.13. The molecule has 0 saturated carbocycles. The van der Waals surface area contributed by atoms with Crippen LogP contribution in [0.25, 0.3) is 6.08 Å². The van der Waals surface area contributed by atoms with Crippen LogP contribution in [0, 0.1) is 0 Å². The first-order chi connectivity index (χ1) is 17.9. The molecule has 2 aromatic carbocycles. The summed E-state index contributed by atoms with van der Waals surface area (Å²) in [5.41, 5.74) is 1.92. The number of halogens is 1. The van der Waals surface area contributed by atoms with E-state index in [2.05, 4.69) is 20.9 Å². The number of thiazole rings is 1. The lowest BCUT2D eigenvalue weighted by Gasteiger charge is -2.27. The number of rotatable bonds is 9. The van der Waals surface area contributed by atoms with Crippen LogP contribution in [0.3, 0.4) is 0 Å². The van der Waals surface area contributed by atoms with Gasteiger partial charge in [0.15, 0.2) is 16.3 Å². The summed E-state index contributed by atoms with van der Waals surface area (Å²) in [6, 6.07) is 12.2. The van der Waals surface area contributed by atoms with Crippen LogP contribution in [0.2, 0.25) is 0 Å². The average molecular weight is 587 g/mol. The zero-order valence-corrected chi connectivity index (χ0v) is 23.4. The van der Waals surface area contributed by atoms with Gasteiger partial charge < -0.3 is 18.9 Å². The monoisotopic (exact) mass is 586 g/mol. The van der Waals surface area contributed by atoms with Crippen LogP contribution < -0.4 is 24.4 Å². The molecule has 1 aromatic heterocycles. The molecular formula is C27H27BrN2O6S. The summed E-state index contributed by atoms with van der Waals surface area (Å²) in [6.07, 6.45) is 1.82. The zero-order valence-electron chi connectivity index (χ0n) is 20.9.